The number of aromatic nitrogens is 4. The number of nitrogens with one attached hydrogen (secondary N) is 2. The molecule has 19 heavy (non-hydrogen) atoms. The highest BCUT2D eigenvalue weighted by Gasteiger charge is 2.10. The molecule has 2 aromatic rings. The highest BCUT2D eigenvalue weighted by atomic mass is 16.2. The zero-order valence-electron chi connectivity index (χ0n) is 11.2. The van der Waals surface area contributed by atoms with E-state index in [1.54, 1.807) is 28.6 Å². The van der Waals surface area contributed by atoms with E-state index in [0.29, 0.717) is 12.4 Å². The molecule has 0 aliphatic rings. The molecule has 0 aliphatic heterocycles. The van der Waals surface area contributed by atoms with Crippen LogP contribution in [0.25, 0.3) is 0 Å². The quantitative estimate of drug-likeness (QED) is 0.845. The molecule has 0 spiro atoms. The van der Waals surface area contributed by atoms with E-state index in [4.69, 9.17) is 0 Å². The summed E-state index contributed by atoms with van der Waals surface area (Å²) in [5.74, 6) is 0.494. The predicted molar refractivity (Wildman–Crippen MR) is 71.0 cm³/mol. The molecule has 102 valence electrons. The number of aryl methyl sites for hydroxylation is 2. The molecule has 0 unspecified atom stereocenters. The molecule has 0 atom stereocenters. The van der Waals surface area contributed by atoms with E-state index < -0.39 is 0 Å². The summed E-state index contributed by atoms with van der Waals surface area (Å²) in [5.41, 5.74) is 1.51. The molecule has 2 heterocycles. The van der Waals surface area contributed by atoms with Crippen molar-refractivity contribution in [1.29, 1.82) is 0 Å². The number of amides is 1. The number of hydrogen-bond donors (Lipinski definition) is 2. The maximum Gasteiger partial charge on any atom is 0.325 e. The van der Waals surface area contributed by atoms with Gasteiger partial charge in [0.05, 0.1) is 6.20 Å². The van der Waals surface area contributed by atoms with Gasteiger partial charge in [0.25, 0.3) is 0 Å². The van der Waals surface area contributed by atoms with Crippen LogP contribution in [0.2, 0.25) is 0 Å². The molecule has 7 heteroatoms. The Hall–Kier alpha value is -2.31. The number of H-pyrrole nitrogens is 1. The van der Waals surface area contributed by atoms with Gasteiger partial charge in [0.2, 0.25) is 5.91 Å². The third kappa shape index (κ3) is 2.75. The van der Waals surface area contributed by atoms with E-state index in [2.05, 4.69) is 15.4 Å². The largest absolute Gasteiger partial charge is 0.325 e. The third-order valence-corrected chi connectivity index (χ3v) is 3.14. The number of hydrogen-bond acceptors (Lipinski definition) is 3. The molecule has 2 aromatic heterocycles. The van der Waals surface area contributed by atoms with Crippen molar-refractivity contribution in [3.8, 4) is 0 Å². The zero-order chi connectivity index (χ0) is 14.0. The van der Waals surface area contributed by atoms with Crippen LogP contribution < -0.4 is 11.0 Å². The summed E-state index contributed by atoms with van der Waals surface area (Å²) in [6, 6.07) is 1.72. The second-order valence-corrected chi connectivity index (χ2v) is 4.43. The van der Waals surface area contributed by atoms with Crippen molar-refractivity contribution in [2.24, 2.45) is 7.05 Å². The lowest BCUT2D eigenvalue weighted by Crippen LogP contribution is -2.22. The van der Waals surface area contributed by atoms with Crippen LogP contribution in [-0.2, 0) is 18.4 Å². The molecule has 7 nitrogen and oxygen atoms in total. The first-order valence-corrected chi connectivity index (χ1v) is 6.03. The Morgan fingerprint density at radius 2 is 2.21 bits per heavy atom. The van der Waals surface area contributed by atoms with Crippen LogP contribution in [-0.4, -0.2) is 25.2 Å². The lowest BCUT2D eigenvalue weighted by Gasteiger charge is -2.06. The van der Waals surface area contributed by atoms with Crippen molar-refractivity contribution in [3.05, 3.63) is 34.1 Å². The fraction of sp³-hybridized carbons (Fsp3) is 0.417. The lowest BCUT2D eigenvalue weighted by molar-refractivity contribution is -0.116. The van der Waals surface area contributed by atoms with Crippen LogP contribution in [0, 0.1) is 13.8 Å². The molecular weight excluding hydrogens is 246 g/mol. The van der Waals surface area contributed by atoms with Gasteiger partial charge in [0.15, 0.2) is 0 Å². The highest BCUT2D eigenvalue weighted by Crippen LogP contribution is 2.05. The van der Waals surface area contributed by atoms with Gasteiger partial charge in [0.1, 0.15) is 5.82 Å². The van der Waals surface area contributed by atoms with Crippen molar-refractivity contribution in [3.63, 3.8) is 0 Å². The van der Waals surface area contributed by atoms with Crippen LogP contribution in [0.4, 0.5) is 5.82 Å². The summed E-state index contributed by atoms with van der Waals surface area (Å²) in [4.78, 5) is 26.1. The van der Waals surface area contributed by atoms with Gasteiger partial charge in [-0.05, 0) is 13.8 Å². The highest BCUT2D eigenvalue weighted by molar-refractivity contribution is 5.89. The molecule has 0 saturated carbocycles. The summed E-state index contributed by atoms with van der Waals surface area (Å²) >= 11 is 0. The molecule has 0 fully saturated rings. The molecule has 2 rings (SSSR count). The van der Waals surface area contributed by atoms with E-state index in [1.165, 1.54) is 0 Å². The standard InChI is InChI=1S/C12H17N5O2/c1-8-9(2)17(12(19)14-8)7-5-11(18)15-10-4-6-13-16(10)3/h4,6H,5,7H2,1-3H3,(H,14,19)(H,15,18). The Bertz CT molecular complexity index is 649. The monoisotopic (exact) mass is 263 g/mol. The van der Waals surface area contributed by atoms with Gasteiger partial charge < -0.3 is 10.3 Å². The molecule has 0 aliphatic carbocycles. The fourth-order valence-corrected chi connectivity index (χ4v) is 1.86. The first kappa shape index (κ1) is 13.1. The Labute approximate surface area is 110 Å². The van der Waals surface area contributed by atoms with Gasteiger partial charge >= 0.3 is 5.69 Å². The van der Waals surface area contributed by atoms with Gasteiger partial charge in [0, 0.05) is 37.5 Å². The second kappa shape index (κ2) is 5.13. The molecule has 1 amide bonds. The maximum atomic E-state index is 11.8. The Morgan fingerprint density at radius 1 is 1.47 bits per heavy atom. The van der Waals surface area contributed by atoms with Crippen molar-refractivity contribution in [2.75, 3.05) is 5.32 Å². The fourth-order valence-electron chi connectivity index (χ4n) is 1.86. The van der Waals surface area contributed by atoms with Crippen LogP contribution in [0.5, 0.6) is 0 Å². The summed E-state index contributed by atoms with van der Waals surface area (Å²) in [7, 11) is 1.75. The van der Waals surface area contributed by atoms with Gasteiger partial charge in [-0.15, -0.1) is 0 Å². The Balaban J connectivity index is 1.97. The number of anilines is 1. The predicted octanol–water partition coefficient (Wildman–Crippen LogP) is 0.556. The van der Waals surface area contributed by atoms with Crippen LogP contribution in [0.3, 0.4) is 0 Å². The lowest BCUT2D eigenvalue weighted by atomic mass is 10.3. The van der Waals surface area contributed by atoms with Crippen molar-refractivity contribution < 1.29 is 4.79 Å². The van der Waals surface area contributed by atoms with E-state index in [-0.39, 0.29) is 18.0 Å². The van der Waals surface area contributed by atoms with E-state index in [1.807, 2.05) is 13.8 Å². The number of carbonyl (C=O) groups excluding carboxylic acids is 1. The molecule has 0 aromatic carbocycles. The van der Waals surface area contributed by atoms with Gasteiger partial charge in [-0.3, -0.25) is 14.0 Å². The van der Waals surface area contributed by atoms with E-state index in [0.717, 1.165) is 11.4 Å². The van der Waals surface area contributed by atoms with Gasteiger partial charge in [-0.2, -0.15) is 5.10 Å². The summed E-state index contributed by atoms with van der Waals surface area (Å²) < 4.78 is 3.15. The van der Waals surface area contributed by atoms with Crippen LogP contribution >= 0.6 is 0 Å². The normalized spacial score (nSPS) is 10.7. The van der Waals surface area contributed by atoms with E-state index in [9.17, 15) is 9.59 Å². The van der Waals surface area contributed by atoms with Gasteiger partial charge in [-0.25, -0.2) is 4.79 Å². The maximum absolute atomic E-state index is 11.8. The average molecular weight is 263 g/mol. The van der Waals surface area contributed by atoms with Gasteiger partial charge in [-0.1, -0.05) is 0 Å². The van der Waals surface area contributed by atoms with Crippen molar-refractivity contribution in [2.45, 2.75) is 26.8 Å². The smallest absolute Gasteiger partial charge is 0.311 e. The Morgan fingerprint density at radius 3 is 2.74 bits per heavy atom. The number of nitrogens with zero attached hydrogens (tertiary/aromatic N) is 3. The minimum absolute atomic E-state index is 0.145. The minimum atomic E-state index is -0.177. The van der Waals surface area contributed by atoms with Crippen LogP contribution in [0.1, 0.15) is 17.8 Å². The van der Waals surface area contributed by atoms with Crippen LogP contribution in [0.15, 0.2) is 17.1 Å². The first-order chi connectivity index (χ1) is 8.99. The SMILES string of the molecule is Cc1[nH]c(=O)n(CCC(=O)Nc2ccnn2C)c1C. The number of imidazole rings is 1. The topological polar surface area (TPSA) is 84.7 Å². The third-order valence-electron chi connectivity index (χ3n) is 3.14. The molecule has 0 saturated heterocycles. The Kier molecular flexibility index (Phi) is 3.55. The molecular formula is C12H17N5O2. The molecule has 2 N–H and O–H groups in total. The molecule has 0 radical (unpaired) electrons. The number of rotatable bonds is 4. The summed E-state index contributed by atoms with van der Waals surface area (Å²) in [5, 5.41) is 6.70. The minimum Gasteiger partial charge on any atom is -0.311 e. The average Bonchev–Trinajstić information content (AvgIpc) is 2.84. The van der Waals surface area contributed by atoms with E-state index >= 15 is 0 Å². The van der Waals surface area contributed by atoms with Crippen molar-refractivity contribution in [1.82, 2.24) is 19.3 Å². The summed E-state index contributed by atoms with van der Waals surface area (Å²) in [6.07, 6.45) is 1.85. The second-order valence-electron chi connectivity index (χ2n) is 4.43. The number of aromatic amines is 1. The van der Waals surface area contributed by atoms with Crippen molar-refractivity contribution >= 4 is 11.7 Å². The zero-order valence-corrected chi connectivity index (χ0v) is 11.2. The molecule has 0 bridgehead atoms. The first-order valence-electron chi connectivity index (χ1n) is 6.03. The summed E-state index contributed by atoms with van der Waals surface area (Å²) in [6.45, 7) is 4.05. The number of carbonyl (C=O) groups is 1.